The zero-order valence-corrected chi connectivity index (χ0v) is 9.87. The molecule has 0 radical (unpaired) electrons. The third-order valence-corrected chi connectivity index (χ3v) is 2.67. The van der Waals surface area contributed by atoms with Gasteiger partial charge < -0.3 is 10.6 Å². The Morgan fingerprint density at radius 1 is 1.31 bits per heavy atom. The number of nitrogens with one attached hydrogen (secondary N) is 2. The summed E-state index contributed by atoms with van der Waals surface area (Å²) in [5.74, 6) is 0.941. The van der Waals surface area contributed by atoms with E-state index < -0.39 is 0 Å². The average Bonchev–Trinajstić information content (AvgIpc) is 3.09. The van der Waals surface area contributed by atoms with Crippen LogP contribution >= 0.6 is 0 Å². The first-order valence-electron chi connectivity index (χ1n) is 6.16. The molecule has 1 heterocycles. The van der Waals surface area contributed by atoms with Crippen molar-refractivity contribution in [1.29, 1.82) is 0 Å². The summed E-state index contributed by atoms with van der Waals surface area (Å²) in [4.78, 5) is 8.43. The van der Waals surface area contributed by atoms with E-state index in [9.17, 15) is 0 Å². The van der Waals surface area contributed by atoms with Crippen molar-refractivity contribution >= 4 is 5.82 Å². The van der Waals surface area contributed by atoms with Crippen molar-refractivity contribution in [3.05, 3.63) is 18.1 Å². The van der Waals surface area contributed by atoms with E-state index in [1.165, 1.54) is 12.8 Å². The lowest BCUT2D eigenvalue weighted by Gasteiger charge is -2.07. The topological polar surface area (TPSA) is 49.8 Å². The van der Waals surface area contributed by atoms with Crippen molar-refractivity contribution < 1.29 is 0 Å². The number of aryl methyl sites for hydroxylation is 1. The van der Waals surface area contributed by atoms with Gasteiger partial charge in [0.25, 0.3) is 0 Å². The molecule has 0 saturated heterocycles. The largest absolute Gasteiger partial charge is 0.369 e. The molecule has 0 amide bonds. The van der Waals surface area contributed by atoms with Crippen LogP contribution in [-0.4, -0.2) is 29.1 Å². The summed E-state index contributed by atoms with van der Waals surface area (Å²) < 4.78 is 0. The fraction of sp³-hybridized carbons (Fsp3) is 0.667. The number of nitrogens with zero attached hydrogens (tertiary/aromatic N) is 2. The lowest BCUT2D eigenvalue weighted by Crippen LogP contribution is -2.24. The molecule has 1 saturated carbocycles. The molecule has 0 bridgehead atoms. The highest BCUT2D eigenvalue weighted by Crippen LogP contribution is 2.17. The van der Waals surface area contributed by atoms with Gasteiger partial charge in [-0.1, -0.05) is 13.3 Å². The molecule has 1 aromatic heterocycles. The Morgan fingerprint density at radius 3 is 2.94 bits per heavy atom. The van der Waals surface area contributed by atoms with E-state index in [0.29, 0.717) is 0 Å². The summed E-state index contributed by atoms with van der Waals surface area (Å²) in [5.41, 5.74) is 1.12. The Labute approximate surface area is 96.9 Å². The molecular formula is C12H20N4. The van der Waals surface area contributed by atoms with Crippen LogP contribution in [0.3, 0.4) is 0 Å². The Kier molecular flexibility index (Phi) is 4.10. The smallest absolute Gasteiger partial charge is 0.129 e. The Morgan fingerprint density at radius 2 is 2.19 bits per heavy atom. The maximum atomic E-state index is 4.23. The minimum atomic E-state index is 0.780. The monoisotopic (exact) mass is 220 g/mol. The molecule has 0 atom stereocenters. The summed E-state index contributed by atoms with van der Waals surface area (Å²) in [5, 5.41) is 6.77. The maximum Gasteiger partial charge on any atom is 0.129 e. The maximum absolute atomic E-state index is 4.23. The van der Waals surface area contributed by atoms with E-state index in [-0.39, 0.29) is 0 Å². The van der Waals surface area contributed by atoms with Crippen LogP contribution in [0.2, 0.25) is 0 Å². The van der Waals surface area contributed by atoms with Crippen LogP contribution in [0.15, 0.2) is 12.4 Å². The van der Waals surface area contributed by atoms with Gasteiger partial charge in [-0.2, -0.15) is 0 Å². The molecule has 1 fully saturated rings. The highest BCUT2D eigenvalue weighted by Gasteiger charge is 2.19. The minimum absolute atomic E-state index is 0.780. The molecule has 2 N–H and O–H groups in total. The standard InChI is InChI=1S/C12H20N4/c1-2-3-11-8-12(16-9-15-11)14-7-6-13-10-4-5-10/h8-10,13H,2-7H2,1H3,(H,14,15,16). The quantitative estimate of drug-likeness (QED) is 0.685. The summed E-state index contributed by atoms with van der Waals surface area (Å²) in [6, 6.07) is 2.82. The molecule has 0 aromatic carbocycles. The van der Waals surface area contributed by atoms with E-state index in [2.05, 4.69) is 27.5 Å². The van der Waals surface area contributed by atoms with Crippen molar-refractivity contribution in [2.75, 3.05) is 18.4 Å². The predicted octanol–water partition coefficient (Wildman–Crippen LogP) is 1.59. The number of anilines is 1. The van der Waals surface area contributed by atoms with Gasteiger partial charge in [-0.15, -0.1) is 0 Å². The Balaban J connectivity index is 1.71. The van der Waals surface area contributed by atoms with E-state index in [0.717, 1.165) is 43.5 Å². The van der Waals surface area contributed by atoms with Crippen LogP contribution in [0.4, 0.5) is 5.82 Å². The molecule has 1 aromatic rings. The van der Waals surface area contributed by atoms with E-state index in [1.54, 1.807) is 6.33 Å². The molecule has 4 heteroatoms. The van der Waals surface area contributed by atoms with Crippen LogP contribution in [-0.2, 0) is 6.42 Å². The normalized spacial score (nSPS) is 15.1. The Bertz CT molecular complexity index is 323. The highest BCUT2D eigenvalue weighted by molar-refractivity contribution is 5.34. The van der Waals surface area contributed by atoms with Gasteiger partial charge in [0.15, 0.2) is 0 Å². The first-order valence-corrected chi connectivity index (χ1v) is 6.16. The summed E-state index contributed by atoms with van der Waals surface area (Å²) in [7, 11) is 0. The third kappa shape index (κ3) is 3.77. The minimum Gasteiger partial charge on any atom is -0.369 e. The molecule has 0 aliphatic heterocycles. The number of rotatable bonds is 7. The second-order valence-corrected chi connectivity index (χ2v) is 4.30. The zero-order chi connectivity index (χ0) is 11.2. The SMILES string of the molecule is CCCc1cc(NCCNC2CC2)ncn1. The van der Waals surface area contributed by atoms with Crippen LogP contribution in [0, 0.1) is 0 Å². The van der Waals surface area contributed by atoms with E-state index in [1.807, 2.05) is 6.07 Å². The lowest BCUT2D eigenvalue weighted by molar-refractivity contribution is 0.700. The van der Waals surface area contributed by atoms with Crippen LogP contribution in [0.5, 0.6) is 0 Å². The molecule has 16 heavy (non-hydrogen) atoms. The number of hydrogen-bond acceptors (Lipinski definition) is 4. The molecule has 0 spiro atoms. The van der Waals surface area contributed by atoms with E-state index in [4.69, 9.17) is 0 Å². The summed E-state index contributed by atoms with van der Waals surface area (Å²) in [6.45, 7) is 4.10. The molecule has 1 aliphatic carbocycles. The van der Waals surface area contributed by atoms with Gasteiger partial charge in [-0.05, 0) is 19.3 Å². The average molecular weight is 220 g/mol. The predicted molar refractivity (Wildman–Crippen MR) is 65.5 cm³/mol. The molecule has 0 unspecified atom stereocenters. The zero-order valence-electron chi connectivity index (χ0n) is 9.87. The number of aromatic nitrogens is 2. The van der Waals surface area contributed by atoms with Gasteiger partial charge in [0.05, 0.1) is 0 Å². The second kappa shape index (κ2) is 5.80. The van der Waals surface area contributed by atoms with Gasteiger partial charge in [0, 0.05) is 30.9 Å². The molecule has 88 valence electrons. The van der Waals surface area contributed by atoms with E-state index >= 15 is 0 Å². The van der Waals surface area contributed by atoms with Crippen molar-refractivity contribution in [1.82, 2.24) is 15.3 Å². The lowest BCUT2D eigenvalue weighted by atomic mass is 10.2. The summed E-state index contributed by atoms with van der Waals surface area (Å²) in [6.07, 6.45) is 6.47. The molecule has 1 aliphatic rings. The van der Waals surface area contributed by atoms with Crippen molar-refractivity contribution in [3.8, 4) is 0 Å². The first kappa shape index (κ1) is 11.3. The van der Waals surface area contributed by atoms with Crippen LogP contribution in [0.1, 0.15) is 31.9 Å². The summed E-state index contributed by atoms with van der Waals surface area (Å²) >= 11 is 0. The molecule has 2 rings (SSSR count). The van der Waals surface area contributed by atoms with Crippen molar-refractivity contribution in [2.45, 2.75) is 38.6 Å². The Hall–Kier alpha value is -1.16. The van der Waals surface area contributed by atoms with Gasteiger partial charge >= 0.3 is 0 Å². The third-order valence-electron chi connectivity index (χ3n) is 2.67. The fourth-order valence-corrected chi connectivity index (χ4v) is 1.64. The van der Waals surface area contributed by atoms with Crippen LogP contribution in [0.25, 0.3) is 0 Å². The molecule has 4 nitrogen and oxygen atoms in total. The van der Waals surface area contributed by atoms with Gasteiger partial charge in [0.1, 0.15) is 12.1 Å². The first-order chi connectivity index (χ1) is 7.88. The van der Waals surface area contributed by atoms with Gasteiger partial charge in [-0.25, -0.2) is 9.97 Å². The fourth-order valence-electron chi connectivity index (χ4n) is 1.64. The second-order valence-electron chi connectivity index (χ2n) is 4.30. The van der Waals surface area contributed by atoms with Crippen molar-refractivity contribution in [2.24, 2.45) is 0 Å². The van der Waals surface area contributed by atoms with Crippen molar-refractivity contribution in [3.63, 3.8) is 0 Å². The van der Waals surface area contributed by atoms with Crippen LogP contribution < -0.4 is 10.6 Å². The van der Waals surface area contributed by atoms with Gasteiger partial charge in [0.2, 0.25) is 0 Å². The highest BCUT2D eigenvalue weighted by atomic mass is 15.0. The number of hydrogen-bond donors (Lipinski definition) is 2. The van der Waals surface area contributed by atoms with Gasteiger partial charge in [-0.3, -0.25) is 0 Å². The molecular weight excluding hydrogens is 200 g/mol.